The van der Waals surface area contributed by atoms with Crippen LogP contribution in [0.5, 0.6) is 0 Å². The zero-order chi connectivity index (χ0) is 12.1. The molecule has 1 aromatic heterocycles. The van der Waals surface area contributed by atoms with Crippen molar-refractivity contribution in [3.63, 3.8) is 0 Å². The van der Waals surface area contributed by atoms with Crippen molar-refractivity contribution in [3.8, 4) is 6.07 Å². The highest BCUT2D eigenvalue weighted by atomic mass is 14.9. The molecule has 2 rings (SSSR count). The molecule has 3 nitrogen and oxygen atoms in total. The summed E-state index contributed by atoms with van der Waals surface area (Å²) in [4.78, 5) is 4.11. The molecule has 0 saturated carbocycles. The number of nitriles is 1. The second-order valence-corrected chi connectivity index (χ2v) is 3.83. The molecule has 0 bridgehead atoms. The summed E-state index contributed by atoms with van der Waals surface area (Å²) in [6, 6.07) is 15.9. The van der Waals surface area contributed by atoms with Crippen molar-refractivity contribution in [1.82, 2.24) is 4.98 Å². The highest BCUT2D eigenvalue weighted by Crippen LogP contribution is 2.12. The van der Waals surface area contributed by atoms with Crippen molar-refractivity contribution >= 4 is 5.69 Å². The van der Waals surface area contributed by atoms with Gasteiger partial charge in [0.15, 0.2) is 0 Å². The predicted molar refractivity (Wildman–Crippen MR) is 67.5 cm³/mol. The van der Waals surface area contributed by atoms with E-state index in [1.54, 1.807) is 6.07 Å². The van der Waals surface area contributed by atoms with Crippen molar-refractivity contribution in [1.29, 1.82) is 5.26 Å². The summed E-state index contributed by atoms with van der Waals surface area (Å²) in [7, 11) is 0. The Morgan fingerprint density at radius 1 is 1.24 bits per heavy atom. The topological polar surface area (TPSA) is 48.7 Å². The van der Waals surface area contributed by atoms with Gasteiger partial charge in [-0.15, -0.1) is 0 Å². The Morgan fingerprint density at radius 3 is 2.71 bits per heavy atom. The molecule has 0 spiro atoms. The minimum atomic E-state index is 0.445. The molecule has 2 aromatic rings. The Bertz CT molecular complexity index is 541. The Labute approximate surface area is 101 Å². The maximum atomic E-state index is 8.83. The van der Waals surface area contributed by atoms with Crippen LogP contribution < -0.4 is 5.32 Å². The molecule has 3 heteroatoms. The lowest BCUT2D eigenvalue weighted by atomic mass is 10.2. The van der Waals surface area contributed by atoms with Gasteiger partial charge in [-0.25, -0.2) is 4.98 Å². The van der Waals surface area contributed by atoms with E-state index in [0.717, 1.165) is 17.9 Å². The second kappa shape index (κ2) is 5.13. The first-order valence-corrected chi connectivity index (χ1v) is 5.44. The Balaban J connectivity index is 2.10. The fourth-order valence-corrected chi connectivity index (χ4v) is 1.63. The molecule has 0 fully saturated rings. The van der Waals surface area contributed by atoms with Gasteiger partial charge in [0, 0.05) is 17.9 Å². The van der Waals surface area contributed by atoms with E-state index in [4.69, 9.17) is 5.26 Å². The maximum Gasteiger partial charge on any atom is 0.142 e. The minimum absolute atomic E-state index is 0.445. The molecule has 1 N–H and O–H groups in total. The first kappa shape index (κ1) is 11.2. The summed E-state index contributed by atoms with van der Waals surface area (Å²) < 4.78 is 0. The van der Waals surface area contributed by atoms with Crippen LogP contribution in [0.25, 0.3) is 0 Å². The van der Waals surface area contributed by atoms with Crippen molar-refractivity contribution in [3.05, 3.63) is 59.4 Å². The average molecular weight is 223 g/mol. The SMILES string of the molecule is Cc1cc(NCc2ccccc2)cc(C#N)n1. The molecule has 1 aromatic carbocycles. The number of aromatic nitrogens is 1. The zero-order valence-electron chi connectivity index (χ0n) is 9.64. The van der Waals surface area contributed by atoms with Gasteiger partial charge < -0.3 is 5.32 Å². The van der Waals surface area contributed by atoms with Crippen LogP contribution in [0.4, 0.5) is 5.69 Å². The van der Waals surface area contributed by atoms with Crippen LogP contribution in [0.15, 0.2) is 42.5 Å². The fraction of sp³-hybridized carbons (Fsp3) is 0.143. The van der Waals surface area contributed by atoms with Crippen LogP contribution in [-0.2, 0) is 6.54 Å². The zero-order valence-corrected chi connectivity index (χ0v) is 9.64. The summed E-state index contributed by atoms with van der Waals surface area (Å²) in [5, 5.41) is 12.1. The van der Waals surface area contributed by atoms with E-state index < -0.39 is 0 Å². The molecule has 0 aliphatic carbocycles. The molecule has 1 heterocycles. The van der Waals surface area contributed by atoms with E-state index in [1.807, 2.05) is 31.2 Å². The third-order valence-electron chi connectivity index (χ3n) is 2.41. The molecular formula is C14H13N3. The lowest BCUT2D eigenvalue weighted by Gasteiger charge is -2.07. The van der Waals surface area contributed by atoms with E-state index in [1.165, 1.54) is 5.56 Å². The number of pyridine rings is 1. The highest BCUT2D eigenvalue weighted by Gasteiger charge is 1.99. The summed E-state index contributed by atoms with van der Waals surface area (Å²) in [5.41, 5.74) is 3.43. The molecule has 0 aliphatic rings. The van der Waals surface area contributed by atoms with Gasteiger partial charge in [0.05, 0.1) is 0 Å². The molecule has 0 aliphatic heterocycles. The van der Waals surface area contributed by atoms with Gasteiger partial charge in [-0.1, -0.05) is 30.3 Å². The van der Waals surface area contributed by atoms with E-state index in [-0.39, 0.29) is 0 Å². The standard InChI is InChI=1S/C14H13N3/c1-11-7-13(8-14(9-15)17-11)16-10-12-5-3-2-4-6-12/h2-8H,10H2,1H3,(H,16,17). The summed E-state index contributed by atoms with van der Waals surface area (Å²) >= 11 is 0. The lowest BCUT2D eigenvalue weighted by molar-refractivity contribution is 1.11. The Morgan fingerprint density at radius 2 is 2.00 bits per heavy atom. The van der Waals surface area contributed by atoms with Crippen LogP contribution in [0.2, 0.25) is 0 Å². The molecule has 84 valence electrons. The fourth-order valence-electron chi connectivity index (χ4n) is 1.63. The first-order valence-electron chi connectivity index (χ1n) is 5.44. The highest BCUT2D eigenvalue weighted by molar-refractivity contribution is 5.48. The third-order valence-corrected chi connectivity index (χ3v) is 2.41. The van der Waals surface area contributed by atoms with E-state index in [0.29, 0.717) is 5.69 Å². The number of aryl methyl sites for hydroxylation is 1. The number of anilines is 1. The smallest absolute Gasteiger partial charge is 0.142 e. The first-order chi connectivity index (χ1) is 8.28. The van der Waals surface area contributed by atoms with Crippen LogP contribution in [0.3, 0.4) is 0 Å². The monoisotopic (exact) mass is 223 g/mol. The van der Waals surface area contributed by atoms with Gasteiger partial charge in [0.25, 0.3) is 0 Å². The van der Waals surface area contributed by atoms with Gasteiger partial charge in [-0.3, -0.25) is 0 Å². The molecule has 0 unspecified atom stereocenters. The lowest BCUT2D eigenvalue weighted by Crippen LogP contribution is -2.00. The van der Waals surface area contributed by atoms with Crippen LogP contribution >= 0.6 is 0 Å². The number of hydrogen-bond donors (Lipinski definition) is 1. The minimum Gasteiger partial charge on any atom is -0.381 e. The predicted octanol–water partition coefficient (Wildman–Crippen LogP) is 2.87. The van der Waals surface area contributed by atoms with E-state index >= 15 is 0 Å². The van der Waals surface area contributed by atoms with Crippen LogP contribution in [0, 0.1) is 18.3 Å². The van der Waals surface area contributed by atoms with Gasteiger partial charge in [0.2, 0.25) is 0 Å². The number of benzene rings is 1. The molecule has 0 saturated heterocycles. The molecular weight excluding hydrogens is 210 g/mol. The van der Waals surface area contributed by atoms with E-state index in [9.17, 15) is 0 Å². The normalized spacial score (nSPS) is 9.65. The molecule has 0 atom stereocenters. The maximum absolute atomic E-state index is 8.83. The van der Waals surface area contributed by atoms with Gasteiger partial charge in [0.1, 0.15) is 11.8 Å². The molecule has 0 amide bonds. The number of hydrogen-bond acceptors (Lipinski definition) is 3. The van der Waals surface area contributed by atoms with E-state index in [2.05, 4.69) is 28.5 Å². The van der Waals surface area contributed by atoms with Crippen LogP contribution in [0.1, 0.15) is 17.0 Å². The summed E-state index contributed by atoms with van der Waals surface area (Å²) in [6.45, 7) is 2.63. The largest absolute Gasteiger partial charge is 0.381 e. The van der Waals surface area contributed by atoms with Crippen LogP contribution in [-0.4, -0.2) is 4.98 Å². The van der Waals surface area contributed by atoms with Crippen molar-refractivity contribution in [2.24, 2.45) is 0 Å². The number of nitrogens with one attached hydrogen (secondary N) is 1. The van der Waals surface area contributed by atoms with Gasteiger partial charge >= 0.3 is 0 Å². The summed E-state index contributed by atoms with van der Waals surface area (Å²) in [5.74, 6) is 0. The quantitative estimate of drug-likeness (QED) is 0.870. The van der Waals surface area contributed by atoms with Crippen molar-refractivity contribution in [2.45, 2.75) is 13.5 Å². The number of nitrogens with zero attached hydrogens (tertiary/aromatic N) is 2. The number of rotatable bonds is 3. The summed E-state index contributed by atoms with van der Waals surface area (Å²) in [6.07, 6.45) is 0. The van der Waals surface area contributed by atoms with Crippen molar-refractivity contribution in [2.75, 3.05) is 5.32 Å². The Hall–Kier alpha value is -2.34. The van der Waals surface area contributed by atoms with Gasteiger partial charge in [-0.2, -0.15) is 5.26 Å². The Kier molecular flexibility index (Phi) is 3.37. The van der Waals surface area contributed by atoms with Gasteiger partial charge in [-0.05, 0) is 24.6 Å². The van der Waals surface area contributed by atoms with Crippen molar-refractivity contribution < 1.29 is 0 Å². The second-order valence-electron chi connectivity index (χ2n) is 3.83. The third kappa shape index (κ3) is 3.05. The average Bonchev–Trinajstić information content (AvgIpc) is 2.37. The molecule has 17 heavy (non-hydrogen) atoms. The molecule has 0 radical (unpaired) electrons.